The van der Waals surface area contributed by atoms with Crippen molar-refractivity contribution in [2.45, 2.75) is 44.0 Å². The molecule has 0 aromatic heterocycles. The first-order chi connectivity index (χ1) is 16.4. The number of benzene rings is 2. The molecule has 2 aliphatic heterocycles. The van der Waals surface area contributed by atoms with Gasteiger partial charge >= 0.3 is 0 Å². The highest BCUT2D eigenvalue weighted by Gasteiger charge is 2.24. The molecule has 2 saturated heterocycles. The molecule has 4 rings (SSSR count). The average molecular weight is 486 g/mol. The Morgan fingerprint density at radius 1 is 0.941 bits per heavy atom. The van der Waals surface area contributed by atoms with Crippen LogP contribution < -0.4 is 10.6 Å². The molecule has 0 spiro atoms. The quantitative estimate of drug-likeness (QED) is 0.598. The van der Waals surface area contributed by atoms with Crippen molar-refractivity contribution >= 4 is 27.5 Å². The van der Waals surface area contributed by atoms with Gasteiger partial charge in [0.05, 0.1) is 23.1 Å². The number of carbonyl (C=O) groups is 2. The molecule has 2 aromatic carbocycles. The summed E-state index contributed by atoms with van der Waals surface area (Å²) < 4.78 is 32.4. The Labute approximate surface area is 200 Å². The van der Waals surface area contributed by atoms with Gasteiger partial charge in [-0.1, -0.05) is 30.7 Å². The van der Waals surface area contributed by atoms with Gasteiger partial charge in [0.25, 0.3) is 11.8 Å². The first kappa shape index (κ1) is 24.4. The van der Waals surface area contributed by atoms with E-state index >= 15 is 0 Å². The normalized spacial score (nSPS) is 19.0. The molecule has 9 heteroatoms. The van der Waals surface area contributed by atoms with Crippen LogP contribution in [0.15, 0.2) is 48.5 Å². The number of nitrogens with zero attached hydrogens (tertiary/aromatic N) is 1. The number of carbonyl (C=O) groups excluding carboxylic acids is 2. The summed E-state index contributed by atoms with van der Waals surface area (Å²) in [4.78, 5) is 25.5. The van der Waals surface area contributed by atoms with Gasteiger partial charge < -0.3 is 15.4 Å². The minimum absolute atomic E-state index is 0.0305. The molecule has 2 amide bonds. The molecule has 2 fully saturated rings. The third-order valence-corrected chi connectivity index (χ3v) is 8.06. The van der Waals surface area contributed by atoms with E-state index in [1.54, 1.807) is 52.8 Å². The molecule has 1 atom stereocenters. The molecule has 8 nitrogen and oxygen atoms in total. The van der Waals surface area contributed by atoms with Crippen molar-refractivity contribution in [3.05, 3.63) is 65.2 Å². The topological polar surface area (TPSA) is 105 Å². The molecule has 0 radical (unpaired) electrons. The molecule has 2 aromatic rings. The van der Waals surface area contributed by atoms with Crippen LogP contribution in [0.5, 0.6) is 0 Å². The Morgan fingerprint density at radius 3 is 2.38 bits per heavy atom. The van der Waals surface area contributed by atoms with E-state index < -0.39 is 10.0 Å². The molecule has 2 aliphatic rings. The number of ether oxygens (including phenoxy) is 1. The van der Waals surface area contributed by atoms with E-state index in [0.717, 1.165) is 38.7 Å². The SMILES string of the molecule is O=C(Nc1ccccc1C(=O)NC[C@H]1CCCO1)c1ccc(CS(=O)(=O)N2CCCCC2)cc1. The van der Waals surface area contributed by atoms with E-state index in [1.807, 2.05) is 0 Å². The van der Waals surface area contributed by atoms with Crippen molar-refractivity contribution in [2.75, 3.05) is 31.6 Å². The lowest BCUT2D eigenvalue weighted by Crippen LogP contribution is -2.36. The Hall–Kier alpha value is -2.75. The molecule has 2 N–H and O–H groups in total. The van der Waals surface area contributed by atoms with Crippen LogP contribution in [0.25, 0.3) is 0 Å². The number of hydrogen-bond acceptors (Lipinski definition) is 5. The molecular weight excluding hydrogens is 454 g/mol. The minimum atomic E-state index is -3.37. The second-order valence-electron chi connectivity index (χ2n) is 8.76. The second-order valence-corrected chi connectivity index (χ2v) is 10.7. The number of sulfonamides is 1. The molecule has 2 heterocycles. The maximum atomic E-state index is 12.8. The summed E-state index contributed by atoms with van der Waals surface area (Å²) in [7, 11) is -3.37. The van der Waals surface area contributed by atoms with Crippen molar-refractivity contribution in [1.29, 1.82) is 0 Å². The first-order valence-corrected chi connectivity index (χ1v) is 13.4. The highest BCUT2D eigenvalue weighted by Crippen LogP contribution is 2.20. The van der Waals surface area contributed by atoms with Gasteiger partial charge in [-0.05, 0) is 55.5 Å². The maximum Gasteiger partial charge on any atom is 0.255 e. The van der Waals surface area contributed by atoms with E-state index in [-0.39, 0.29) is 23.7 Å². The molecule has 0 bridgehead atoms. The zero-order chi connectivity index (χ0) is 24.0. The Bertz CT molecular complexity index is 1110. The Morgan fingerprint density at radius 2 is 1.68 bits per heavy atom. The van der Waals surface area contributed by atoms with Crippen LogP contribution in [0, 0.1) is 0 Å². The van der Waals surface area contributed by atoms with Gasteiger partial charge in [-0.3, -0.25) is 9.59 Å². The van der Waals surface area contributed by atoms with E-state index in [4.69, 9.17) is 4.74 Å². The first-order valence-electron chi connectivity index (χ1n) is 11.8. The van der Waals surface area contributed by atoms with Gasteiger partial charge in [-0.25, -0.2) is 12.7 Å². The van der Waals surface area contributed by atoms with Crippen molar-refractivity contribution in [3.8, 4) is 0 Å². The summed E-state index contributed by atoms with van der Waals surface area (Å²) in [5, 5.41) is 5.67. The average Bonchev–Trinajstić information content (AvgIpc) is 3.37. The number of piperidine rings is 1. The van der Waals surface area contributed by atoms with Crippen molar-refractivity contribution in [2.24, 2.45) is 0 Å². The van der Waals surface area contributed by atoms with Crippen molar-refractivity contribution < 1.29 is 22.7 Å². The molecule has 0 aliphatic carbocycles. The van der Waals surface area contributed by atoms with Crippen LogP contribution in [0.4, 0.5) is 5.69 Å². The van der Waals surface area contributed by atoms with Crippen LogP contribution in [0.2, 0.25) is 0 Å². The number of rotatable bonds is 8. The van der Waals surface area contributed by atoms with E-state index in [2.05, 4.69) is 10.6 Å². The molecule has 34 heavy (non-hydrogen) atoms. The minimum Gasteiger partial charge on any atom is -0.376 e. The molecule has 182 valence electrons. The van der Waals surface area contributed by atoms with Crippen molar-refractivity contribution in [3.63, 3.8) is 0 Å². The fourth-order valence-corrected chi connectivity index (χ4v) is 5.90. The number of amides is 2. The van der Waals surface area contributed by atoms with Crippen molar-refractivity contribution in [1.82, 2.24) is 9.62 Å². The lowest BCUT2D eigenvalue weighted by Gasteiger charge is -2.25. The van der Waals surface area contributed by atoms with E-state index in [1.165, 1.54) is 0 Å². The number of anilines is 1. The summed E-state index contributed by atoms with van der Waals surface area (Å²) in [5.74, 6) is -0.725. The summed E-state index contributed by atoms with van der Waals surface area (Å²) in [6.07, 6.45) is 4.81. The fourth-order valence-electron chi connectivity index (χ4n) is 4.29. The summed E-state index contributed by atoms with van der Waals surface area (Å²) >= 11 is 0. The van der Waals surface area contributed by atoms with Crippen LogP contribution in [-0.4, -0.2) is 56.9 Å². The largest absolute Gasteiger partial charge is 0.376 e. The third-order valence-electron chi connectivity index (χ3n) is 6.21. The predicted molar refractivity (Wildman–Crippen MR) is 130 cm³/mol. The predicted octanol–water partition coefficient (Wildman–Crippen LogP) is 3.16. The van der Waals surface area contributed by atoms with Gasteiger partial charge in [0.15, 0.2) is 0 Å². The zero-order valence-electron chi connectivity index (χ0n) is 19.2. The number of hydrogen-bond donors (Lipinski definition) is 2. The van der Waals surface area contributed by atoms with Crippen LogP contribution >= 0.6 is 0 Å². The summed E-state index contributed by atoms with van der Waals surface area (Å²) in [6, 6.07) is 13.4. The lowest BCUT2D eigenvalue weighted by atomic mass is 10.1. The third kappa shape index (κ3) is 6.22. The van der Waals surface area contributed by atoms with Gasteiger partial charge in [0.2, 0.25) is 10.0 Å². The maximum absolute atomic E-state index is 12.8. The van der Waals surface area contributed by atoms with Gasteiger partial charge in [0.1, 0.15) is 0 Å². The lowest BCUT2D eigenvalue weighted by molar-refractivity contribution is 0.0858. The smallest absolute Gasteiger partial charge is 0.255 e. The highest BCUT2D eigenvalue weighted by molar-refractivity contribution is 7.88. The Kier molecular flexibility index (Phi) is 7.97. The van der Waals surface area contributed by atoms with Crippen LogP contribution in [0.1, 0.15) is 58.4 Å². The monoisotopic (exact) mass is 485 g/mol. The fraction of sp³-hybridized carbons (Fsp3) is 0.440. The second kappa shape index (κ2) is 11.1. The van der Waals surface area contributed by atoms with Gasteiger partial charge in [0, 0.05) is 31.8 Å². The number of para-hydroxylation sites is 1. The molecular formula is C25H31N3O5S. The van der Waals surface area contributed by atoms with E-state index in [0.29, 0.717) is 42.0 Å². The van der Waals surface area contributed by atoms with E-state index in [9.17, 15) is 18.0 Å². The van der Waals surface area contributed by atoms with Crippen LogP contribution in [-0.2, 0) is 20.5 Å². The number of nitrogens with one attached hydrogen (secondary N) is 2. The zero-order valence-corrected chi connectivity index (χ0v) is 20.0. The standard InChI is InChI=1S/C25H31N3O5S/c29-24(20-12-10-19(11-13-20)18-34(31,32)28-14-4-1-5-15-28)27-23-9-3-2-8-22(23)25(30)26-17-21-7-6-16-33-21/h2-3,8-13,21H,1,4-7,14-18H2,(H,26,30)(H,27,29)/t21-/m1/s1. The van der Waals surface area contributed by atoms with Gasteiger partial charge in [-0.2, -0.15) is 0 Å². The molecule has 0 saturated carbocycles. The molecule has 0 unspecified atom stereocenters. The summed E-state index contributed by atoms with van der Waals surface area (Å²) in [6.45, 7) is 2.30. The summed E-state index contributed by atoms with van der Waals surface area (Å²) in [5.41, 5.74) is 1.80. The van der Waals surface area contributed by atoms with Gasteiger partial charge in [-0.15, -0.1) is 0 Å². The van der Waals surface area contributed by atoms with Crippen LogP contribution in [0.3, 0.4) is 0 Å². The Balaban J connectivity index is 1.37. The highest BCUT2D eigenvalue weighted by atomic mass is 32.2.